The minimum atomic E-state index is -1.34. The van der Waals surface area contributed by atoms with Gasteiger partial charge in [-0.2, -0.15) is 10.2 Å². The lowest BCUT2D eigenvalue weighted by Crippen LogP contribution is -2.32. The molecule has 3 N–H and O–H groups in total. The van der Waals surface area contributed by atoms with Crippen molar-refractivity contribution < 1.29 is 9.18 Å². The zero-order valence-corrected chi connectivity index (χ0v) is 21.2. The van der Waals surface area contributed by atoms with E-state index in [2.05, 4.69) is 32.0 Å². The number of fused-ring (bicyclic) bond motifs is 5. The van der Waals surface area contributed by atoms with Crippen LogP contribution in [0.15, 0.2) is 45.8 Å². The summed E-state index contributed by atoms with van der Waals surface area (Å²) in [5, 5.41) is 17.4. The van der Waals surface area contributed by atoms with Gasteiger partial charge in [-0.3, -0.25) is 14.3 Å². The van der Waals surface area contributed by atoms with Crippen LogP contribution in [-0.2, 0) is 11.8 Å². The van der Waals surface area contributed by atoms with E-state index in [0.29, 0.717) is 45.0 Å². The molecule has 8 nitrogen and oxygen atoms in total. The number of halogens is 1. The number of carbonyl (C=O) groups is 1. The number of hydrogen-bond donors (Lipinski definition) is 3. The molecular weight excluding hydrogens is 479 g/mol. The molecule has 6 atom stereocenters. The average molecular weight is 509 g/mol. The molecule has 1 aliphatic heterocycles. The molecule has 2 saturated carbocycles. The van der Waals surface area contributed by atoms with Gasteiger partial charge in [0.15, 0.2) is 5.82 Å². The predicted octanol–water partition coefficient (Wildman–Crippen LogP) is 3.97. The van der Waals surface area contributed by atoms with Crippen LogP contribution in [0.2, 0.25) is 0 Å². The van der Waals surface area contributed by atoms with Gasteiger partial charge >= 0.3 is 0 Å². The van der Waals surface area contributed by atoms with E-state index in [1.54, 1.807) is 41.6 Å². The van der Waals surface area contributed by atoms with E-state index in [1.165, 1.54) is 19.3 Å². The van der Waals surface area contributed by atoms with Crippen LogP contribution in [-0.4, -0.2) is 37.3 Å². The second-order valence-corrected chi connectivity index (χ2v) is 11.6. The van der Waals surface area contributed by atoms with Crippen LogP contribution in [0.5, 0.6) is 0 Å². The summed E-state index contributed by atoms with van der Waals surface area (Å²) in [6, 6.07) is 3.44. The fourth-order valence-corrected chi connectivity index (χ4v) is 7.57. The molecule has 3 heterocycles. The first-order valence-corrected chi connectivity index (χ1v) is 13.3. The highest BCUT2D eigenvalue weighted by Gasteiger charge is 2.50. The third-order valence-corrected chi connectivity index (χ3v) is 9.53. The van der Waals surface area contributed by atoms with Crippen molar-refractivity contribution in [3.8, 4) is 0 Å². The third kappa shape index (κ3) is 4.01. The van der Waals surface area contributed by atoms with Crippen LogP contribution in [0.25, 0.3) is 5.57 Å². The Balaban J connectivity index is 1.23. The molecular formula is C26H29FN6O2S. The number of anilines is 2. The van der Waals surface area contributed by atoms with Crippen LogP contribution in [0.1, 0.15) is 37.6 Å². The number of nitrogens with one attached hydrogen (secondary N) is 3. The molecule has 4 aliphatic rings. The van der Waals surface area contributed by atoms with E-state index in [1.807, 2.05) is 20.0 Å². The second kappa shape index (κ2) is 8.76. The van der Waals surface area contributed by atoms with Crippen molar-refractivity contribution in [3.63, 3.8) is 0 Å². The lowest BCUT2D eigenvalue weighted by Gasteiger charge is -2.24. The largest absolute Gasteiger partial charge is 0.334 e. The standard InChI is InChI=1S/C26H29FN6O2S/c1-12-6-16(18-11-20(25(34)31-30-18)28-22-7-13(2)33(3)32-22)9-19(23(12)27)29-26(35)21-10-17-14-4-5-15(8-14)24(17)36-21/h6-7,9-12,14-15,17,23-24H,4-5,8H2,1-3H3,(H,29,35)(H,31,34)(H,28,30,32). The Kier molecular flexibility index (Phi) is 5.66. The van der Waals surface area contributed by atoms with Crippen LogP contribution in [0, 0.1) is 30.6 Å². The van der Waals surface area contributed by atoms with Crippen molar-refractivity contribution in [3.05, 3.63) is 62.7 Å². The van der Waals surface area contributed by atoms with Gasteiger partial charge in [0.05, 0.1) is 16.3 Å². The van der Waals surface area contributed by atoms with Gasteiger partial charge < -0.3 is 10.6 Å². The molecule has 2 bridgehead atoms. The molecule has 2 fully saturated rings. The summed E-state index contributed by atoms with van der Waals surface area (Å²) in [5.41, 5.74) is 2.14. The third-order valence-electron chi connectivity index (χ3n) is 7.98. The van der Waals surface area contributed by atoms with E-state index in [9.17, 15) is 9.59 Å². The van der Waals surface area contributed by atoms with Gasteiger partial charge in [0.1, 0.15) is 11.9 Å². The van der Waals surface area contributed by atoms with Crippen LogP contribution < -0.4 is 16.2 Å². The summed E-state index contributed by atoms with van der Waals surface area (Å²) in [5.74, 6) is 1.70. The van der Waals surface area contributed by atoms with Crippen molar-refractivity contribution >= 4 is 34.7 Å². The monoisotopic (exact) mass is 508 g/mol. The Morgan fingerprint density at radius 2 is 2.06 bits per heavy atom. The Morgan fingerprint density at radius 1 is 1.25 bits per heavy atom. The average Bonchev–Trinajstić information content (AvgIpc) is 3.61. The normalized spacial score (nSPS) is 30.5. The maximum atomic E-state index is 15.2. The van der Waals surface area contributed by atoms with Gasteiger partial charge in [0.2, 0.25) is 0 Å². The van der Waals surface area contributed by atoms with Crippen molar-refractivity contribution in [2.75, 3.05) is 5.32 Å². The zero-order valence-electron chi connectivity index (χ0n) is 20.4. The van der Waals surface area contributed by atoms with Crippen molar-refractivity contribution in [2.24, 2.45) is 30.7 Å². The zero-order chi connectivity index (χ0) is 25.1. The smallest absolute Gasteiger partial charge is 0.287 e. The molecule has 0 spiro atoms. The Labute approximate surface area is 212 Å². The number of alkyl halides is 1. The van der Waals surface area contributed by atoms with Gasteiger partial charge in [-0.1, -0.05) is 19.1 Å². The minimum absolute atomic E-state index is 0.217. The Bertz CT molecular complexity index is 1370. The SMILES string of the molecule is Cc1cc(Nc2cc(C3=CC(C)C(F)C(NC(=O)C4=CC5C6CCC(C6)C5S4)=C3)n[nH]c2=O)nn1C. The van der Waals surface area contributed by atoms with Crippen molar-refractivity contribution in [2.45, 2.75) is 44.5 Å². The Hall–Kier alpha value is -3.14. The summed E-state index contributed by atoms with van der Waals surface area (Å²) in [7, 11) is 1.82. The molecule has 6 rings (SSSR count). The highest BCUT2D eigenvalue weighted by Crippen LogP contribution is 2.58. The molecule has 10 heteroatoms. The molecule has 0 aromatic carbocycles. The van der Waals surface area contributed by atoms with Crippen LogP contribution in [0.4, 0.5) is 15.9 Å². The number of carbonyl (C=O) groups excluding carboxylic acids is 1. The van der Waals surface area contributed by atoms with Gasteiger partial charge in [-0.05, 0) is 56.1 Å². The summed E-state index contributed by atoms with van der Waals surface area (Å²) in [4.78, 5) is 26.2. The first kappa shape index (κ1) is 23.3. The first-order valence-electron chi connectivity index (χ1n) is 12.4. The van der Waals surface area contributed by atoms with E-state index in [4.69, 9.17) is 0 Å². The number of thioether (sulfide) groups is 1. The number of hydrogen-bond acceptors (Lipinski definition) is 6. The highest BCUT2D eigenvalue weighted by molar-refractivity contribution is 8.04. The van der Waals surface area contributed by atoms with Gasteiger partial charge in [0.25, 0.3) is 11.5 Å². The van der Waals surface area contributed by atoms with Gasteiger partial charge in [-0.15, -0.1) is 11.8 Å². The summed E-state index contributed by atoms with van der Waals surface area (Å²) < 4.78 is 16.9. The molecule has 36 heavy (non-hydrogen) atoms. The van der Waals surface area contributed by atoms with Crippen molar-refractivity contribution in [1.29, 1.82) is 0 Å². The molecule has 1 amide bonds. The minimum Gasteiger partial charge on any atom is -0.334 e. The highest BCUT2D eigenvalue weighted by atomic mass is 32.2. The first-order chi connectivity index (χ1) is 17.3. The maximum absolute atomic E-state index is 15.2. The number of allylic oxidation sites excluding steroid dienone is 5. The number of aromatic amines is 1. The number of amides is 1. The fourth-order valence-electron chi connectivity index (χ4n) is 5.99. The van der Waals surface area contributed by atoms with Gasteiger partial charge in [-0.25, -0.2) is 9.49 Å². The fraction of sp³-hybridized carbons (Fsp3) is 0.462. The van der Waals surface area contributed by atoms with E-state index in [-0.39, 0.29) is 17.3 Å². The van der Waals surface area contributed by atoms with Crippen LogP contribution in [0.3, 0.4) is 0 Å². The maximum Gasteiger partial charge on any atom is 0.287 e. The molecule has 188 valence electrons. The molecule has 2 aromatic rings. The Morgan fingerprint density at radius 3 is 2.81 bits per heavy atom. The lowest BCUT2D eigenvalue weighted by atomic mass is 9.88. The lowest BCUT2D eigenvalue weighted by molar-refractivity contribution is -0.116. The predicted molar refractivity (Wildman–Crippen MR) is 138 cm³/mol. The van der Waals surface area contributed by atoms with E-state index < -0.39 is 17.6 Å². The quantitative estimate of drug-likeness (QED) is 0.565. The molecule has 3 aliphatic carbocycles. The summed E-state index contributed by atoms with van der Waals surface area (Å²) >= 11 is 1.66. The van der Waals surface area contributed by atoms with Gasteiger partial charge in [0, 0.05) is 35.5 Å². The molecule has 6 unspecified atom stereocenters. The molecule has 2 aromatic heterocycles. The number of aromatic nitrogens is 4. The van der Waals surface area contributed by atoms with Crippen LogP contribution >= 0.6 is 11.8 Å². The number of H-pyrrole nitrogens is 1. The van der Waals surface area contributed by atoms with E-state index in [0.717, 1.165) is 5.69 Å². The topological polar surface area (TPSA) is 105 Å². The molecule has 0 radical (unpaired) electrons. The second-order valence-electron chi connectivity index (χ2n) is 10.4. The summed E-state index contributed by atoms with van der Waals surface area (Å²) in [6.45, 7) is 3.68. The summed E-state index contributed by atoms with van der Waals surface area (Å²) in [6.07, 6.45) is 7.95. The van der Waals surface area contributed by atoms with E-state index >= 15 is 4.39 Å². The number of aryl methyl sites for hydroxylation is 2. The number of rotatable bonds is 5. The van der Waals surface area contributed by atoms with Crippen molar-refractivity contribution in [1.82, 2.24) is 25.3 Å². The molecule has 0 saturated heterocycles. The number of nitrogens with zero attached hydrogens (tertiary/aromatic N) is 3.